The van der Waals surface area contributed by atoms with E-state index in [-0.39, 0.29) is 0 Å². The number of pyridine rings is 1. The van der Waals surface area contributed by atoms with E-state index in [1.807, 2.05) is 101 Å². The number of aromatic nitrogens is 1. The molecule has 47 heavy (non-hydrogen) atoms. The number of aliphatic imine (C=N–C) groups is 2. The molecule has 0 saturated heterocycles. The Bertz CT molecular complexity index is 1310. The molecule has 8 heteroatoms. The van der Waals surface area contributed by atoms with Gasteiger partial charge >= 0.3 is 0 Å². The van der Waals surface area contributed by atoms with Crippen molar-refractivity contribution in [2.45, 2.75) is 80.7 Å². The molecule has 0 spiro atoms. The maximum Gasteiger partial charge on any atom is 0.127 e. The maximum absolute atomic E-state index is 8.00. The van der Waals surface area contributed by atoms with Crippen LogP contribution in [0.5, 0.6) is 11.5 Å². The topological polar surface area (TPSA) is 93.0 Å². The maximum atomic E-state index is 8.00. The molecule has 0 aliphatic rings. The standard InChI is InChI=1S/C22H33BrN4.C13H12O.C2H6.2CH2O/c1-6-8-11-20(7-2)22(27-18(4)21(23)16-24-5)13-17(3)26-15-19-10-9-12-25-14-19;1-11-7-9-13(10-8-11)14-12-5-3-2-4-6-12;3*1-2/h9-10,12-14,16,20,26H,6-8,11,15H2,1-5H3;2-10H,1H3;1-2H3;2*1H2/b17-13+,21-18-,24-16?,27-22+;;;;. The quantitative estimate of drug-likeness (QED) is 0.179. The number of para-hydroxylation sites is 1. The van der Waals surface area contributed by atoms with E-state index in [1.165, 1.54) is 24.0 Å². The number of allylic oxidation sites excluding steroid dienone is 4. The Kier molecular flexibility index (Phi) is 29.2. The monoisotopic (exact) mass is 706 g/mol. The van der Waals surface area contributed by atoms with E-state index < -0.39 is 0 Å². The van der Waals surface area contributed by atoms with Gasteiger partial charge in [0.2, 0.25) is 0 Å². The second-order valence-electron chi connectivity index (χ2n) is 9.88. The first-order valence-corrected chi connectivity index (χ1v) is 16.7. The van der Waals surface area contributed by atoms with Crippen LogP contribution in [-0.2, 0) is 16.1 Å². The summed E-state index contributed by atoms with van der Waals surface area (Å²) in [5, 5.41) is 3.48. The van der Waals surface area contributed by atoms with Gasteiger partial charge in [0.15, 0.2) is 0 Å². The lowest BCUT2D eigenvalue weighted by atomic mass is 9.93. The lowest BCUT2D eigenvalue weighted by molar-refractivity contribution is -0.0987. The Morgan fingerprint density at radius 3 is 2.11 bits per heavy atom. The van der Waals surface area contributed by atoms with Crippen LogP contribution in [0.4, 0.5) is 0 Å². The summed E-state index contributed by atoms with van der Waals surface area (Å²) in [6, 6.07) is 21.9. The normalized spacial score (nSPS) is 11.9. The molecule has 0 bridgehead atoms. The van der Waals surface area contributed by atoms with Gasteiger partial charge in [0.05, 0.1) is 10.2 Å². The van der Waals surface area contributed by atoms with E-state index in [0.29, 0.717) is 5.92 Å². The van der Waals surface area contributed by atoms with Crippen molar-refractivity contribution in [3.63, 3.8) is 0 Å². The van der Waals surface area contributed by atoms with Crippen molar-refractivity contribution in [2.24, 2.45) is 15.9 Å². The number of rotatable bonds is 13. The predicted molar refractivity (Wildman–Crippen MR) is 205 cm³/mol. The third-order valence-electron chi connectivity index (χ3n) is 6.36. The molecule has 2 aromatic carbocycles. The molecule has 0 aliphatic heterocycles. The van der Waals surface area contributed by atoms with Crippen molar-refractivity contribution < 1.29 is 14.3 Å². The lowest BCUT2D eigenvalue weighted by Gasteiger charge is -2.17. The Morgan fingerprint density at radius 1 is 0.957 bits per heavy atom. The van der Waals surface area contributed by atoms with E-state index in [9.17, 15) is 0 Å². The molecule has 0 fully saturated rings. The number of hydrogen-bond acceptors (Lipinski definition) is 7. The minimum Gasteiger partial charge on any atom is -0.457 e. The van der Waals surface area contributed by atoms with Crippen molar-refractivity contribution in [2.75, 3.05) is 7.05 Å². The van der Waals surface area contributed by atoms with Crippen LogP contribution in [-0.4, -0.2) is 37.5 Å². The van der Waals surface area contributed by atoms with Crippen LogP contribution in [0.25, 0.3) is 0 Å². The van der Waals surface area contributed by atoms with Crippen molar-refractivity contribution in [3.05, 3.63) is 112 Å². The number of carbonyl (C=O) groups is 2. The highest BCUT2D eigenvalue weighted by atomic mass is 79.9. The molecule has 3 rings (SSSR count). The lowest BCUT2D eigenvalue weighted by Crippen LogP contribution is -2.17. The smallest absolute Gasteiger partial charge is 0.127 e. The highest BCUT2D eigenvalue weighted by Gasteiger charge is 2.13. The van der Waals surface area contributed by atoms with Gasteiger partial charge in [-0.1, -0.05) is 82.5 Å². The molecule has 0 aliphatic carbocycles. The van der Waals surface area contributed by atoms with E-state index in [2.05, 4.69) is 71.1 Å². The van der Waals surface area contributed by atoms with Crippen molar-refractivity contribution in [1.82, 2.24) is 10.3 Å². The van der Waals surface area contributed by atoms with E-state index in [1.54, 1.807) is 19.5 Å². The second-order valence-corrected chi connectivity index (χ2v) is 10.7. The van der Waals surface area contributed by atoms with Crippen LogP contribution >= 0.6 is 15.9 Å². The summed E-state index contributed by atoms with van der Waals surface area (Å²) in [4.78, 5) is 29.2. The average molecular weight is 708 g/mol. The van der Waals surface area contributed by atoms with Gasteiger partial charge in [0.1, 0.15) is 25.1 Å². The number of unbranched alkanes of at least 4 members (excludes halogenated alkanes) is 1. The molecular weight excluding hydrogens is 652 g/mol. The fourth-order valence-electron chi connectivity index (χ4n) is 3.95. The van der Waals surface area contributed by atoms with Crippen LogP contribution in [0, 0.1) is 12.8 Å². The van der Waals surface area contributed by atoms with Crippen LogP contribution in [0.15, 0.2) is 111 Å². The minimum atomic E-state index is 0.453. The van der Waals surface area contributed by atoms with Gasteiger partial charge in [-0.3, -0.25) is 15.0 Å². The summed E-state index contributed by atoms with van der Waals surface area (Å²) in [6.45, 7) is 19.4. The SMILES string of the molecule is C=O.C=O.CC.CCCCC(CC)C(/C=C(\C)NCc1cccnc1)=N/C(C)=C(\Br)C=NC.Cc1ccc(Oc2ccccc2)cc1. The number of ether oxygens (including phenoxy) is 1. The van der Waals surface area contributed by atoms with Gasteiger partial charge in [-0.15, -0.1) is 0 Å². The summed E-state index contributed by atoms with van der Waals surface area (Å²) >= 11 is 3.56. The van der Waals surface area contributed by atoms with Crippen molar-refractivity contribution in [3.8, 4) is 11.5 Å². The second kappa shape index (κ2) is 30.5. The molecule has 1 N–H and O–H groups in total. The first-order chi connectivity index (χ1) is 22.9. The van der Waals surface area contributed by atoms with Crippen molar-refractivity contribution in [1.29, 1.82) is 0 Å². The molecule has 1 unspecified atom stereocenters. The summed E-state index contributed by atoms with van der Waals surface area (Å²) in [5.41, 5.74) is 5.59. The first-order valence-electron chi connectivity index (χ1n) is 15.9. The Labute approximate surface area is 292 Å². The van der Waals surface area contributed by atoms with Gasteiger partial charge in [-0.2, -0.15) is 0 Å². The summed E-state index contributed by atoms with van der Waals surface area (Å²) < 4.78 is 6.55. The van der Waals surface area contributed by atoms with Gasteiger partial charge in [0, 0.05) is 49.5 Å². The number of aryl methyl sites for hydroxylation is 1. The van der Waals surface area contributed by atoms with Crippen LogP contribution in [0.3, 0.4) is 0 Å². The average Bonchev–Trinajstić information content (AvgIpc) is 3.12. The number of nitrogens with zero attached hydrogens (tertiary/aromatic N) is 3. The predicted octanol–water partition coefficient (Wildman–Crippen LogP) is 10.5. The number of hydrogen-bond donors (Lipinski definition) is 1. The summed E-state index contributed by atoms with van der Waals surface area (Å²) in [7, 11) is 1.77. The molecule has 3 aromatic rings. The molecule has 0 saturated carbocycles. The number of benzene rings is 2. The van der Waals surface area contributed by atoms with Gasteiger partial charge in [-0.25, -0.2) is 0 Å². The fraction of sp³-hybridized carbons (Fsp3) is 0.359. The summed E-state index contributed by atoms with van der Waals surface area (Å²) in [5.74, 6) is 2.20. The van der Waals surface area contributed by atoms with Crippen LogP contribution in [0.2, 0.25) is 0 Å². The first kappa shape index (κ1) is 45.0. The van der Waals surface area contributed by atoms with E-state index in [0.717, 1.165) is 52.5 Å². The third kappa shape index (κ3) is 21.3. The molecule has 0 radical (unpaired) electrons. The number of nitrogens with one attached hydrogen (secondary N) is 1. The number of halogens is 1. The van der Waals surface area contributed by atoms with E-state index >= 15 is 0 Å². The highest BCUT2D eigenvalue weighted by molar-refractivity contribution is 9.12. The third-order valence-corrected chi connectivity index (χ3v) is 7.14. The molecule has 256 valence electrons. The molecule has 1 atom stereocenters. The zero-order chi connectivity index (χ0) is 35.9. The van der Waals surface area contributed by atoms with Crippen LogP contribution in [0.1, 0.15) is 78.4 Å². The summed E-state index contributed by atoms with van der Waals surface area (Å²) in [6.07, 6.45) is 12.3. The minimum absolute atomic E-state index is 0.453. The van der Waals surface area contributed by atoms with Gasteiger partial charge in [-0.05, 0) is 91.5 Å². The Hall–Kier alpha value is -4.17. The Balaban J connectivity index is 0. The van der Waals surface area contributed by atoms with E-state index in [4.69, 9.17) is 19.3 Å². The van der Waals surface area contributed by atoms with Crippen molar-refractivity contribution >= 4 is 41.4 Å². The largest absolute Gasteiger partial charge is 0.457 e. The molecule has 0 amide bonds. The number of carbonyl (C=O) groups excluding carboxylic acids is 2. The zero-order valence-electron chi connectivity index (χ0n) is 29.6. The fourth-order valence-corrected chi connectivity index (χ4v) is 4.25. The molecular formula is C39H55BrN4O3. The molecule has 1 heterocycles. The van der Waals surface area contributed by atoms with Gasteiger partial charge in [0.25, 0.3) is 0 Å². The van der Waals surface area contributed by atoms with Gasteiger partial charge < -0.3 is 19.6 Å². The Morgan fingerprint density at radius 2 is 1.57 bits per heavy atom. The highest BCUT2D eigenvalue weighted by Crippen LogP contribution is 2.21. The zero-order valence-corrected chi connectivity index (χ0v) is 31.2. The molecule has 1 aromatic heterocycles. The molecule has 7 nitrogen and oxygen atoms in total. The van der Waals surface area contributed by atoms with Crippen LogP contribution < -0.4 is 10.1 Å².